The first-order valence-corrected chi connectivity index (χ1v) is 7.56. The van der Waals surface area contributed by atoms with Crippen LogP contribution in [0.25, 0.3) is 5.65 Å². The second-order valence-electron chi connectivity index (χ2n) is 5.29. The lowest BCUT2D eigenvalue weighted by Gasteiger charge is -2.16. The van der Waals surface area contributed by atoms with E-state index in [0.29, 0.717) is 23.8 Å². The number of halogens is 1. The van der Waals surface area contributed by atoms with Crippen LogP contribution in [0.3, 0.4) is 0 Å². The minimum absolute atomic E-state index is 0.227. The molecule has 0 saturated carbocycles. The zero-order valence-corrected chi connectivity index (χ0v) is 12.8. The maximum Gasteiger partial charge on any atom is 0.352 e. The molecule has 0 aliphatic carbocycles. The second-order valence-corrected chi connectivity index (χ2v) is 5.67. The predicted octanol–water partition coefficient (Wildman–Crippen LogP) is -0.379. The third-order valence-corrected chi connectivity index (χ3v) is 3.94. The molecule has 3 heterocycles. The van der Waals surface area contributed by atoms with Gasteiger partial charge in [0.15, 0.2) is 5.65 Å². The van der Waals surface area contributed by atoms with E-state index in [2.05, 4.69) is 10.1 Å². The molecule has 3 atom stereocenters. The first-order valence-electron chi connectivity index (χ1n) is 7.03. The van der Waals surface area contributed by atoms with Crippen LogP contribution in [0.5, 0.6) is 0 Å². The van der Waals surface area contributed by atoms with E-state index in [1.807, 2.05) is 0 Å². The molecule has 0 bridgehead atoms. The number of hydrogen-bond acceptors (Lipinski definition) is 6. The normalized spacial score (nSPS) is 25.2. The molecular weight excluding hydrogens is 312 g/mol. The average Bonchev–Trinajstić information content (AvgIpc) is 3.05. The molecule has 9 heteroatoms. The van der Waals surface area contributed by atoms with E-state index in [1.54, 1.807) is 13.1 Å². The Labute approximate surface area is 130 Å². The Morgan fingerprint density at radius 1 is 1.55 bits per heavy atom. The monoisotopic (exact) mass is 328 g/mol. The highest BCUT2D eigenvalue weighted by Crippen LogP contribution is 2.28. The molecule has 1 aliphatic rings. The van der Waals surface area contributed by atoms with Crippen LogP contribution in [0.2, 0.25) is 0 Å². The Bertz CT molecular complexity index is 743. The highest BCUT2D eigenvalue weighted by atomic mass is 35.5. The highest BCUT2D eigenvalue weighted by molar-refractivity contribution is 6.18. The van der Waals surface area contributed by atoms with Crippen molar-refractivity contribution in [1.29, 1.82) is 0 Å². The van der Waals surface area contributed by atoms with Gasteiger partial charge in [-0.2, -0.15) is 4.52 Å². The van der Waals surface area contributed by atoms with Gasteiger partial charge in [-0.3, -0.25) is 4.57 Å². The van der Waals surface area contributed by atoms with Crippen molar-refractivity contribution in [3.8, 4) is 0 Å². The fraction of sp³-hybridized carbons (Fsp3) is 0.615. The summed E-state index contributed by atoms with van der Waals surface area (Å²) in [6.45, 7) is 1.41. The van der Waals surface area contributed by atoms with Crippen molar-refractivity contribution < 1.29 is 14.9 Å². The zero-order valence-electron chi connectivity index (χ0n) is 12.0. The van der Waals surface area contributed by atoms with Gasteiger partial charge in [0.1, 0.15) is 18.2 Å². The summed E-state index contributed by atoms with van der Waals surface area (Å²) in [5.41, 5.74) is 0.863. The van der Waals surface area contributed by atoms with Gasteiger partial charge < -0.3 is 14.9 Å². The molecule has 1 aliphatic heterocycles. The van der Waals surface area contributed by atoms with E-state index in [-0.39, 0.29) is 13.0 Å². The van der Waals surface area contributed by atoms with Crippen molar-refractivity contribution in [3.63, 3.8) is 0 Å². The minimum Gasteiger partial charge on any atom is -0.394 e. The summed E-state index contributed by atoms with van der Waals surface area (Å²) >= 11 is 5.81. The highest BCUT2D eigenvalue weighted by Gasteiger charge is 2.35. The molecule has 0 aromatic carbocycles. The number of aliphatic hydroxyl groups is 2. The van der Waals surface area contributed by atoms with E-state index in [0.717, 1.165) is 5.56 Å². The molecule has 0 amide bonds. The number of hydrogen-bond donors (Lipinski definition) is 2. The van der Waals surface area contributed by atoms with Gasteiger partial charge in [0.25, 0.3) is 0 Å². The Morgan fingerprint density at radius 3 is 2.95 bits per heavy atom. The fourth-order valence-corrected chi connectivity index (χ4v) is 2.88. The Morgan fingerprint density at radius 2 is 2.32 bits per heavy atom. The molecule has 0 spiro atoms. The minimum atomic E-state index is -0.813. The topological polar surface area (TPSA) is 102 Å². The van der Waals surface area contributed by atoms with Crippen molar-refractivity contribution >= 4 is 17.2 Å². The summed E-state index contributed by atoms with van der Waals surface area (Å²) in [4.78, 5) is 16.8. The number of fused-ring (bicyclic) bond motifs is 1. The van der Waals surface area contributed by atoms with Crippen LogP contribution in [0.1, 0.15) is 24.0 Å². The zero-order chi connectivity index (χ0) is 15.9. The summed E-state index contributed by atoms with van der Waals surface area (Å²) in [5, 5.41) is 23.1. The number of rotatable bonds is 4. The number of alkyl halides is 1. The van der Waals surface area contributed by atoms with Crippen LogP contribution in [0.4, 0.5) is 0 Å². The number of aryl methyl sites for hydroxylation is 2. The summed E-state index contributed by atoms with van der Waals surface area (Å²) in [6, 6.07) is 0. The van der Waals surface area contributed by atoms with Crippen molar-refractivity contribution in [2.75, 3.05) is 12.5 Å². The molecule has 120 valence electrons. The molecule has 2 aromatic rings. The smallest absolute Gasteiger partial charge is 0.352 e. The third kappa shape index (κ3) is 2.52. The summed E-state index contributed by atoms with van der Waals surface area (Å²) < 4.78 is 8.15. The van der Waals surface area contributed by atoms with E-state index >= 15 is 0 Å². The molecule has 3 unspecified atom stereocenters. The third-order valence-electron chi connectivity index (χ3n) is 3.76. The Kier molecular flexibility index (Phi) is 4.18. The van der Waals surface area contributed by atoms with Crippen molar-refractivity contribution in [2.24, 2.45) is 0 Å². The molecule has 2 N–H and O–H groups in total. The average molecular weight is 329 g/mol. The predicted molar refractivity (Wildman–Crippen MR) is 78.0 cm³/mol. The lowest BCUT2D eigenvalue weighted by Crippen LogP contribution is -2.31. The van der Waals surface area contributed by atoms with Crippen molar-refractivity contribution in [1.82, 2.24) is 19.2 Å². The largest absolute Gasteiger partial charge is 0.394 e. The maximum atomic E-state index is 12.6. The number of aliphatic hydroxyl groups excluding tert-OH is 2. The van der Waals surface area contributed by atoms with Crippen LogP contribution in [-0.4, -0.2) is 54.1 Å². The van der Waals surface area contributed by atoms with Gasteiger partial charge in [-0.15, -0.1) is 16.7 Å². The fourth-order valence-electron chi connectivity index (χ4n) is 2.68. The van der Waals surface area contributed by atoms with Crippen LogP contribution in [0.15, 0.2) is 11.0 Å². The molecular formula is C13H17ClN4O4. The standard InChI is InChI=1S/C13H17ClN4O4/c1-7-15-12-8(2-3-14)5-17(13(21)18(12)16-7)11-4-9(20)10(6-19)22-11/h5,9-11,19-20H,2-4,6H2,1H3. The molecule has 2 aromatic heterocycles. The van der Waals surface area contributed by atoms with Gasteiger partial charge in [-0.25, -0.2) is 9.78 Å². The van der Waals surface area contributed by atoms with Gasteiger partial charge in [0.05, 0.1) is 12.7 Å². The van der Waals surface area contributed by atoms with Gasteiger partial charge in [0, 0.05) is 24.1 Å². The molecule has 1 fully saturated rings. The van der Waals surface area contributed by atoms with E-state index in [1.165, 1.54) is 9.08 Å². The molecule has 1 saturated heterocycles. The number of aromatic nitrogens is 4. The summed E-state index contributed by atoms with van der Waals surface area (Å²) in [6.07, 6.45) is 0.244. The lowest BCUT2D eigenvalue weighted by molar-refractivity contribution is -0.0461. The Balaban J connectivity index is 2.10. The second kappa shape index (κ2) is 5.96. The van der Waals surface area contributed by atoms with Gasteiger partial charge in [-0.1, -0.05) is 0 Å². The molecule has 8 nitrogen and oxygen atoms in total. The van der Waals surface area contributed by atoms with Gasteiger partial charge >= 0.3 is 5.69 Å². The van der Waals surface area contributed by atoms with Crippen LogP contribution < -0.4 is 5.69 Å². The lowest BCUT2D eigenvalue weighted by atomic mass is 10.2. The van der Waals surface area contributed by atoms with Crippen molar-refractivity contribution in [3.05, 3.63) is 28.1 Å². The van der Waals surface area contributed by atoms with Crippen LogP contribution >= 0.6 is 11.6 Å². The van der Waals surface area contributed by atoms with E-state index in [9.17, 15) is 9.90 Å². The van der Waals surface area contributed by atoms with E-state index in [4.69, 9.17) is 21.4 Å². The van der Waals surface area contributed by atoms with E-state index < -0.39 is 24.1 Å². The van der Waals surface area contributed by atoms with Crippen molar-refractivity contribution in [2.45, 2.75) is 38.2 Å². The maximum absolute atomic E-state index is 12.6. The molecule has 3 rings (SSSR count). The first kappa shape index (κ1) is 15.4. The van der Waals surface area contributed by atoms with Gasteiger partial charge in [-0.05, 0) is 13.3 Å². The quantitative estimate of drug-likeness (QED) is 0.742. The van der Waals surface area contributed by atoms with Crippen LogP contribution in [-0.2, 0) is 11.2 Å². The Hall–Kier alpha value is -1.48. The van der Waals surface area contributed by atoms with Crippen LogP contribution in [0, 0.1) is 6.92 Å². The first-order chi connectivity index (χ1) is 10.5. The summed E-state index contributed by atoms with van der Waals surface area (Å²) in [7, 11) is 0. The number of ether oxygens (including phenoxy) is 1. The van der Waals surface area contributed by atoms with Gasteiger partial charge in [0.2, 0.25) is 0 Å². The number of nitrogens with zero attached hydrogens (tertiary/aromatic N) is 4. The summed E-state index contributed by atoms with van der Waals surface area (Å²) in [5.74, 6) is 0.874. The SMILES string of the molecule is Cc1nc2c(CCCl)cn(C3CC(O)C(CO)O3)c(=O)n2n1. The molecule has 22 heavy (non-hydrogen) atoms. The molecule has 0 radical (unpaired) electrons.